The van der Waals surface area contributed by atoms with Crippen molar-refractivity contribution in [1.82, 2.24) is 5.32 Å². The number of amides is 2. The molecule has 0 aliphatic heterocycles. The van der Waals surface area contributed by atoms with Crippen LogP contribution in [-0.4, -0.2) is 18.4 Å². The van der Waals surface area contributed by atoms with Crippen LogP contribution in [0, 0.1) is 6.92 Å². The summed E-state index contributed by atoms with van der Waals surface area (Å²) in [4.78, 5) is 22.9. The van der Waals surface area contributed by atoms with Crippen LogP contribution in [0.25, 0.3) is 0 Å². The van der Waals surface area contributed by atoms with Crippen molar-refractivity contribution >= 4 is 29.1 Å². The summed E-state index contributed by atoms with van der Waals surface area (Å²) in [6.07, 6.45) is 1.03. The van der Waals surface area contributed by atoms with Crippen molar-refractivity contribution in [2.75, 3.05) is 11.9 Å². The molecule has 138 valence electrons. The predicted octanol–water partition coefficient (Wildman–Crippen LogP) is 4.08. The third-order valence-corrected chi connectivity index (χ3v) is 4.13. The molecule has 2 rings (SSSR count). The molecule has 0 fully saturated rings. The number of halogens is 1. The molecule has 0 saturated heterocycles. The lowest BCUT2D eigenvalue weighted by Gasteiger charge is -2.09. The van der Waals surface area contributed by atoms with E-state index in [0.29, 0.717) is 31.0 Å². The van der Waals surface area contributed by atoms with Crippen LogP contribution in [0.3, 0.4) is 0 Å². The smallest absolute Gasteiger partial charge is 0.221 e. The van der Waals surface area contributed by atoms with Gasteiger partial charge in [-0.3, -0.25) is 9.59 Å². The largest absolute Gasteiger partial charge is 0.494 e. The number of carbonyl (C=O) groups excluding carboxylic acids is 2. The molecular formula is C20H23ClN2O3. The number of hydrogen-bond donors (Lipinski definition) is 2. The lowest BCUT2D eigenvalue weighted by atomic mass is 10.2. The molecule has 0 aliphatic carbocycles. The summed E-state index contributed by atoms with van der Waals surface area (Å²) in [5.74, 6) is 0.625. The second kappa shape index (κ2) is 9.82. The lowest BCUT2D eigenvalue weighted by molar-refractivity contribution is -0.121. The topological polar surface area (TPSA) is 67.4 Å². The zero-order valence-electron chi connectivity index (χ0n) is 15.0. The van der Waals surface area contributed by atoms with Crippen LogP contribution in [0.2, 0.25) is 5.02 Å². The molecule has 0 bridgehead atoms. The first-order valence-electron chi connectivity index (χ1n) is 8.46. The van der Waals surface area contributed by atoms with Crippen LogP contribution in [0.4, 0.5) is 5.69 Å². The highest BCUT2D eigenvalue weighted by atomic mass is 35.5. The van der Waals surface area contributed by atoms with Gasteiger partial charge in [-0.25, -0.2) is 0 Å². The van der Waals surface area contributed by atoms with E-state index in [1.165, 1.54) is 6.92 Å². The van der Waals surface area contributed by atoms with E-state index in [2.05, 4.69) is 10.6 Å². The second-order valence-electron chi connectivity index (χ2n) is 6.02. The number of rotatable bonds is 8. The summed E-state index contributed by atoms with van der Waals surface area (Å²) in [7, 11) is 0. The zero-order chi connectivity index (χ0) is 18.9. The number of anilines is 1. The van der Waals surface area contributed by atoms with Crippen molar-refractivity contribution in [3.8, 4) is 5.75 Å². The fourth-order valence-electron chi connectivity index (χ4n) is 2.33. The van der Waals surface area contributed by atoms with Gasteiger partial charge in [0, 0.05) is 30.6 Å². The normalized spacial score (nSPS) is 10.3. The molecule has 2 amide bonds. The van der Waals surface area contributed by atoms with Gasteiger partial charge in [-0.05, 0) is 54.8 Å². The van der Waals surface area contributed by atoms with Crippen molar-refractivity contribution in [1.29, 1.82) is 0 Å². The number of ether oxygens (including phenoxy) is 1. The fraction of sp³-hybridized carbons (Fsp3) is 0.300. The lowest BCUT2D eigenvalue weighted by Crippen LogP contribution is -2.23. The molecule has 26 heavy (non-hydrogen) atoms. The van der Waals surface area contributed by atoms with Crippen molar-refractivity contribution in [2.45, 2.75) is 33.2 Å². The second-order valence-corrected chi connectivity index (χ2v) is 6.43. The van der Waals surface area contributed by atoms with Crippen LogP contribution < -0.4 is 15.4 Å². The number of benzene rings is 2. The highest BCUT2D eigenvalue weighted by molar-refractivity contribution is 6.31. The van der Waals surface area contributed by atoms with E-state index in [9.17, 15) is 9.59 Å². The molecule has 0 spiro atoms. The highest BCUT2D eigenvalue weighted by Crippen LogP contribution is 2.21. The molecule has 0 unspecified atom stereocenters. The Balaban J connectivity index is 1.65. The summed E-state index contributed by atoms with van der Waals surface area (Å²) in [5, 5.41) is 6.29. The number of carbonyl (C=O) groups is 2. The Morgan fingerprint density at radius 1 is 1.12 bits per heavy atom. The monoisotopic (exact) mass is 374 g/mol. The van der Waals surface area contributed by atoms with Gasteiger partial charge in [0.2, 0.25) is 11.8 Å². The first-order chi connectivity index (χ1) is 12.4. The van der Waals surface area contributed by atoms with Crippen LogP contribution in [0.15, 0.2) is 42.5 Å². The Kier molecular flexibility index (Phi) is 7.48. The van der Waals surface area contributed by atoms with Gasteiger partial charge in [-0.1, -0.05) is 23.7 Å². The van der Waals surface area contributed by atoms with Gasteiger partial charge in [0.25, 0.3) is 0 Å². The van der Waals surface area contributed by atoms with Crippen molar-refractivity contribution < 1.29 is 14.3 Å². The first-order valence-corrected chi connectivity index (χ1v) is 8.84. The van der Waals surface area contributed by atoms with Crippen molar-refractivity contribution in [3.05, 3.63) is 58.6 Å². The fourth-order valence-corrected chi connectivity index (χ4v) is 2.45. The molecule has 0 radical (unpaired) electrons. The van der Waals surface area contributed by atoms with Gasteiger partial charge in [0.05, 0.1) is 6.61 Å². The predicted molar refractivity (Wildman–Crippen MR) is 104 cm³/mol. The van der Waals surface area contributed by atoms with E-state index in [1.54, 1.807) is 6.07 Å². The van der Waals surface area contributed by atoms with Crippen LogP contribution in [0.1, 0.15) is 30.9 Å². The molecule has 5 nitrogen and oxygen atoms in total. The zero-order valence-corrected chi connectivity index (χ0v) is 15.7. The third kappa shape index (κ3) is 6.76. The average Bonchev–Trinajstić information content (AvgIpc) is 2.60. The highest BCUT2D eigenvalue weighted by Gasteiger charge is 2.03. The molecule has 6 heteroatoms. The Morgan fingerprint density at radius 2 is 1.85 bits per heavy atom. The molecule has 0 atom stereocenters. The minimum atomic E-state index is -0.109. The molecule has 0 aromatic heterocycles. The maximum absolute atomic E-state index is 11.9. The van der Waals surface area contributed by atoms with E-state index < -0.39 is 0 Å². The Bertz CT molecular complexity index is 760. The van der Waals surface area contributed by atoms with E-state index >= 15 is 0 Å². The molecule has 2 aromatic rings. The van der Waals surface area contributed by atoms with Gasteiger partial charge < -0.3 is 15.4 Å². The molecule has 0 saturated carbocycles. The van der Waals surface area contributed by atoms with Crippen LogP contribution >= 0.6 is 11.6 Å². The summed E-state index contributed by atoms with van der Waals surface area (Å²) in [6, 6.07) is 12.9. The van der Waals surface area contributed by atoms with Crippen LogP contribution in [-0.2, 0) is 16.1 Å². The number of hydrogen-bond acceptors (Lipinski definition) is 3. The van der Waals surface area contributed by atoms with Crippen molar-refractivity contribution in [3.63, 3.8) is 0 Å². The quantitative estimate of drug-likeness (QED) is 0.684. The molecule has 2 N–H and O–H groups in total. The Hall–Kier alpha value is -2.53. The minimum absolute atomic E-state index is 0.0215. The molecular weight excluding hydrogens is 352 g/mol. The average molecular weight is 375 g/mol. The van der Waals surface area contributed by atoms with Gasteiger partial charge in [0.15, 0.2) is 0 Å². The number of aryl methyl sites for hydroxylation is 1. The van der Waals surface area contributed by atoms with E-state index in [0.717, 1.165) is 22.6 Å². The Labute approximate surface area is 158 Å². The molecule has 2 aromatic carbocycles. The van der Waals surface area contributed by atoms with E-state index in [1.807, 2.05) is 43.3 Å². The molecule has 0 heterocycles. The summed E-state index contributed by atoms with van der Waals surface area (Å²) in [5.41, 5.74) is 2.67. The standard InChI is InChI=1S/C20H23ClN2O3/c1-14-12-18(9-10-19(14)21)26-11-3-4-20(25)22-13-16-5-7-17(8-6-16)23-15(2)24/h5-10,12H,3-4,11,13H2,1-2H3,(H,22,25)(H,23,24). The van der Waals surface area contributed by atoms with Crippen molar-refractivity contribution in [2.24, 2.45) is 0 Å². The van der Waals surface area contributed by atoms with Gasteiger partial charge in [-0.15, -0.1) is 0 Å². The SMILES string of the molecule is CC(=O)Nc1ccc(CNC(=O)CCCOc2ccc(Cl)c(C)c2)cc1. The molecule has 0 aliphatic rings. The first kappa shape index (κ1) is 19.8. The number of nitrogens with one attached hydrogen (secondary N) is 2. The summed E-state index contributed by atoms with van der Waals surface area (Å²) < 4.78 is 5.63. The van der Waals surface area contributed by atoms with E-state index in [-0.39, 0.29) is 11.8 Å². The van der Waals surface area contributed by atoms with Gasteiger partial charge in [-0.2, -0.15) is 0 Å². The van der Waals surface area contributed by atoms with Gasteiger partial charge >= 0.3 is 0 Å². The van der Waals surface area contributed by atoms with Gasteiger partial charge in [0.1, 0.15) is 5.75 Å². The van der Waals surface area contributed by atoms with E-state index in [4.69, 9.17) is 16.3 Å². The van der Waals surface area contributed by atoms with Crippen LogP contribution in [0.5, 0.6) is 5.75 Å². The summed E-state index contributed by atoms with van der Waals surface area (Å²) >= 11 is 5.97. The maximum atomic E-state index is 11.9. The third-order valence-electron chi connectivity index (χ3n) is 3.71. The minimum Gasteiger partial charge on any atom is -0.494 e. The Morgan fingerprint density at radius 3 is 2.50 bits per heavy atom. The maximum Gasteiger partial charge on any atom is 0.221 e. The summed E-state index contributed by atoms with van der Waals surface area (Å²) in [6.45, 7) is 4.31.